The van der Waals surface area contributed by atoms with Crippen LogP contribution in [0.25, 0.3) is 0 Å². The van der Waals surface area contributed by atoms with Crippen molar-refractivity contribution < 1.29 is 18.4 Å². The quantitative estimate of drug-likeness (QED) is 0.665. The predicted molar refractivity (Wildman–Crippen MR) is 124 cm³/mol. The standard InChI is InChI=1S/C26H31F2N3O2/c27-20-14-19(15-21(28)16-20)25(32)30-22-10-12-31(13-11-22)24-9-5-4-8-23(24)26(33)29-17-18-6-2-1-3-7-18/h4-5,8-9,14-16,18,22H,1-3,6-7,10-13,17H2,(H,29,33)(H,30,32). The maximum atomic E-state index is 13.4. The van der Waals surface area contributed by atoms with E-state index in [-0.39, 0.29) is 17.5 Å². The zero-order valence-electron chi connectivity index (χ0n) is 18.8. The summed E-state index contributed by atoms with van der Waals surface area (Å²) in [6.07, 6.45) is 7.52. The molecule has 2 fully saturated rings. The lowest BCUT2D eigenvalue weighted by molar-refractivity contribution is 0.0928. The summed E-state index contributed by atoms with van der Waals surface area (Å²) in [5.41, 5.74) is 1.55. The van der Waals surface area contributed by atoms with Crippen LogP contribution in [-0.4, -0.2) is 37.5 Å². The average Bonchev–Trinajstić information content (AvgIpc) is 2.83. The number of halogens is 2. The summed E-state index contributed by atoms with van der Waals surface area (Å²) in [4.78, 5) is 27.5. The van der Waals surface area contributed by atoms with E-state index < -0.39 is 17.5 Å². The summed E-state index contributed by atoms with van der Waals surface area (Å²) in [5, 5.41) is 6.00. The van der Waals surface area contributed by atoms with E-state index in [1.165, 1.54) is 32.1 Å². The Hall–Kier alpha value is -2.96. The van der Waals surface area contributed by atoms with E-state index in [2.05, 4.69) is 15.5 Å². The van der Waals surface area contributed by atoms with Gasteiger partial charge in [-0.15, -0.1) is 0 Å². The molecule has 2 amide bonds. The molecule has 1 aliphatic heterocycles. The first-order chi connectivity index (χ1) is 16.0. The number of hydrogen-bond donors (Lipinski definition) is 2. The molecule has 0 unspecified atom stereocenters. The van der Waals surface area contributed by atoms with Crippen LogP contribution in [0.5, 0.6) is 0 Å². The molecule has 2 aromatic rings. The Morgan fingerprint density at radius 2 is 1.55 bits per heavy atom. The van der Waals surface area contributed by atoms with Gasteiger partial charge in [-0.25, -0.2) is 8.78 Å². The van der Waals surface area contributed by atoms with Gasteiger partial charge in [-0.2, -0.15) is 0 Å². The molecule has 1 saturated carbocycles. The van der Waals surface area contributed by atoms with Gasteiger partial charge in [-0.3, -0.25) is 9.59 Å². The molecule has 2 aliphatic rings. The maximum absolute atomic E-state index is 13.4. The van der Waals surface area contributed by atoms with Gasteiger partial charge < -0.3 is 15.5 Å². The van der Waals surface area contributed by atoms with Crippen LogP contribution in [0.15, 0.2) is 42.5 Å². The molecule has 2 N–H and O–H groups in total. The summed E-state index contributed by atoms with van der Waals surface area (Å²) >= 11 is 0. The van der Waals surface area contributed by atoms with Crippen LogP contribution in [-0.2, 0) is 0 Å². The van der Waals surface area contributed by atoms with Crippen LogP contribution in [0.4, 0.5) is 14.5 Å². The second-order valence-corrected chi connectivity index (χ2v) is 9.12. The third-order valence-electron chi connectivity index (χ3n) is 6.72. The molecule has 1 aliphatic carbocycles. The van der Waals surface area contributed by atoms with Crippen LogP contribution >= 0.6 is 0 Å². The van der Waals surface area contributed by atoms with Crippen molar-refractivity contribution in [2.24, 2.45) is 5.92 Å². The van der Waals surface area contributed by atoms with Gasteiger partial charge in [0.25, 0.3) is 11.8 Å². The van der Waals surface area contributed by atoms with Crippen LogP contribution in [0.2, 0.25) is 0 Å². The number of carbonyl (C=O) groups is 2. The minimum atomic E-state index is -0.770. The Morgan fingerprint density at radius 1 is 0.879 bits per heavy atom. The molecule has 1 heterocycles. The Morgan fingerprint density at radius 3 is 2.24 bits per heavy atom. The second kappa shape index (κ2) is 10.8. The van der Waals surface area contributed by atoms with E-state index >= 15 is 0 Å². The lowest BCUT2D eigenvalue weighted by atomic mass is 9.89. The Kier molecular flexibility index (Phi) is 7.57. The smallest absolute Gasteiger partial charge is 0.253 e. The lowest BCUT2D eigenvalue weighted by Crippen LogP contribution is -2.45. The van der Waals surface area contributed by atoms with Gasteiger partial charge in [-0.1, -0.05) is 31.4 Å². The van der Waals surface area contributed by atoms with Crippen molar-refractivity contribution in [1.29, 1.82) is 0 Å². The van der Waals surface area contributed by atoms with Crippen molar-refractivity contribution in [2.75, 3.05) is 24.5 Å². The zero-order valence-corrected chi connectivity index (χ0v) is 18.8. The molecular formula is C26H31F2N3O2. The van der Waals surface area contributed by atoms with Crippen LogP contribution in [0.3, 0.4) is 0 Å². The number of anilines is 1. The van der Waals surface area contributed by atoms with Gasteiger partial charge >= 0.3 is 0 Å². The number of para-hydroxylation sites is 1. The van der Waals surface area contributed by atoms with Crippen molar-refractivity contribution in [3.05, 3.63) is 65.2 Å². The van der Waals surface area contributed by atoms with Crippen LogP contribution in [0.1, 0.15) is 65.7 Å². The summed E-state index contributed by atoms with van der Waals surface area (Å²) in [7, 11) is 0. The fraction of sp³-hybridized carbons (Fsp3) is 0.462. The molecule has 33 heavy (non-hydrogen) atoms. The fourth-order valence-corrected chi connectivity index (χ4v) is 4.88. The molecule has 0 bridgehead atoms. The van der Waals surface area contributed by atoms with E-state index in [4.69, 9.17) is 0 Å². The predicted octanol–water partition coefficient (Wildman–Crippen LogP) is 4.67. The number of amides is 2. The number of rotatable bonds is 6. The molecule has 0 radical (unpaired) electrons. The Labute approximate surface area is 193 Å². The highest BCUT2D eigenvalue weighted by Gasteiger charge is 2.25. The van der Waals surface area contributed by atoms with E-state index in [0.29, 0.717) is 37.4 Å². The summed E-state index contributed by atoms with van der Waals surface area (Å²) in [6.45, 7) is 2.08. The number of carbonyl (C=O) groups excluding carboxylic acids is 2. The van der Waals surface area contributed by atoms with Gasteiger partial charge in [0.2, 0.25) is 0 Å². The fourth-order valence-electron chi connectivity index (χ4n) is 4.88. The first-order valence-corrected chi connectivity index (χ1v) is 11.9. The highest BCUT2D eigenvalue weighted by molar-refractivity contribution is 5.99. The zero-order chi connectivity index (χ0) is 23.2. The van der Waals surface area contributed by atoms with Crippen LogP contribution < -0.4 is 15.5 Å². The summed E-state index contributed by atoms with van der Waals surface area (Å²) in [6, 6.07) is 10.4. The normalized spacial score (nSPS) is 17.6. The molecule has 0 spiro atoms. The topological polar surface area (TPSA) is 61.4 Å². The SMILES string of the molecule is O=C(NC1CCN(c2ccccc2C(=O)NCC2CCCCC2)CC1)c1cc(F)cc(F)c1. The number of benzene rings is 2. The largest absolute Gasteiger partial charge is 0.371 e. The van der Waals surface area contributed by atoms with Gasteiger partial charge in [0.1, 0.15) is 11.6 Å². The number of nitrogens with zero attached hydrogens (tertiary/aromatic N) is 1. The minimum Gasteiger partial charge on any atom is -0.371 e. The molecule has 176 valence electrons. The molecule has 5 nitrogen and oxygen atoms in total. The van der Waals surface area contributed by atoms with E-state index in [0.717, 1.165) is 30.4 Å². The monoisotopic (exact) mass is 455 g/mol. The molecule has 2 aromatic carbocycles. The molecule has 4 rings (SSSR count). The average molecular weight is 456 g/mol. The molecule has 0 atom stereocenters. The number of piperidine rings is 1. The highest BCUT2D eigenvalue weighted by Crippen LogP contribution is 2.26. The number of nitrogens with one attached hydrogen (secondary N) is 2. The second-order valence-electron chi connectivity index (χ2n) is 9.12. The van der Waals surface area contributed by atoms with Crippen molar-refractivity contribution in [3.63, 3.8) is 0 Å². The molecule has 7 heteroatoms. The Balaban J connectivity index is 1.33. The maximum Gasteiger partial charge on any atom is 0.253 e. The first-order valence-electron chi connectivity index (χ1n) is 11.9. The van der Waals surface area contributed by atoms with Crippen molar-refractivity contribution in [3.8, 4) is 0 Å². The van der Waals surface area contributed by atoms with Gasteiger partial charge in [0, 0.05) is 43.0 Å². The van der Waals surface area contributed by atoms with Crippen LogP contribution in [0, 0.1) is 17.6 Å². The van der Waals surface area contributed by atoms with Gasteiger partial charge in [-0.05, 0) is 55.9 Å². The molecule has 1 saturated heterocycles. The van der Waals surface area contributed by atoms with Crippen molar-refractivity contribution in [1.82, 2.24) is 10.6 Å². The first kappa shape index (κ1) is 23.2. The molecular weight excluding hydrogens is 424 g/mol. The van der Waals surface area contributed by atoms with E-state index in [9.17, 15) is 18.4 Å². The molecule has 0 aromatic heterocycles. The summed E-state index contributed by atoms with van der Waals surface area (Å²) < 4.78 is 26.8. The van der Waals surface area contributed by atoms with Crippen molar-refractivity contribution >= 4 is 17.5 Å². The summed E-state index contributed by atoms with van der Waals surface area (Å²) in [5.74, 6) is -1.49. The number of hydrogen-bond acceptors (Lipinski definition) is 3. The van der Waals surface area contributed by atoms with Crippen molar-refractivity contribution in [2.45, 2.75) is 51.0 Å². The third kappa shape index (κ3) is 6.09. The van der Waals surface area contributed by atoms with E-state index in [1.54, 1.807) is 0 Å². The third-order valence-corrected chi connectivity index (χ3v) is 6.72. The van der Waals surface area contributed by atoms with Gasteiger partial charge in [0.05, 0.1) is 5.56 Å². The lowest BCUT2D eigenvalue weighted by Gasteiger charge is -2.35. The highest BCUT2D eigenvalue weighted by atomic mass is 19.1. The van der Waals surface area contributed by atoms with E-state index in [1.807, 2.05) is 24.3 Å². The minimum absolute atomic E-state index is 0.0186. The Bertz CT molecular complexity index is 963. The van der Waals surface area contributed by atoms with Gasteiger partial charge in [0.15, 0.2) is 0 Å².